The minimum absolute atomic E-state index is 0.125. The third-order valence-corrected chi connectivity index (χ3v) is 4.73. The maximum absolute atomic E-state index is 12.3. The second kappa shape index (κ2) is 10.2. The van der Waals surface area contributed by atoms with Gasteiger partial charge in [0.05, 0.1) is 5.69 Å². The average Bonchev–Trinajstić information content (AvgIpc) is 2.83. The van der Waals surface area contributed by atoms with Crippen molar-refractivity contribution in [2.24, 2.45) is 0 Å². The minimum Gasteiger partial charge on any atom is -0.457 e. The molecule has 0 saturated heterocycles. The molecule has 0 aliphatic heterocycles. The molecular formula is C25H22N4O3. The van der Waals surface area contributed by atoms with Crippen molar-refractivity contribution in [3.8, 4) is 22.8 Å². The molecule has 4 rings (SSSR count). The number of carbonyl (C=O) groups is 1. The molecule has 1 N–H and O–H groups in total. The van der Waals surface area contributed by atoms with E-state index in [4.69, 9.17) is 4.74 Å². The molecule has 0 unspecified atom stereocenters. The number of anilines is 1. The summed E-state index contributed by atoms with van der Waals surface area (Å²) in [5.74, 6) is 1.31. The molecule has 32 heavy (non-hydrogen) atoms. The molecule has 2 aromatic carbocycles. The van der Waals surface area contributed by atoms with Gasteiger partial charge in [-0.2, -0.15) is 5.10 Å². The second-order valence-corrected chi connectivity index (χ2v) is 7.11. The van der Waals surface area contributed by atoms with Gasteiger partial charge in [0.2, 0.25) is 5.91 Å². The summed E-state index contributed by atoms with van der Waals surface area (Å²) >= 11 is 0. The highest BCUT2D eigenvalue weighted by Crippen LogP contribution is 2.22. The van der Waals surface area contributed by atoms with Gasteiger partial charge in [-0.3, -0.25) is 14.6 Å². The van der Waals surface area contributed by atoms with E-state index in [2.05, 4.69) is 15.4 Å². The van der Waals surface area contributed by atoms with Crippen molar-refractivity contribution in [3.05, 3.63) is 102 Å². The Hall–Kier alpha value is -4.26. The fraction of sp³-hybridized carbons (Fsp3) is 0.120. The Morgan fingerprint density at radius 2 is 1.59 bits per heavy atom. The van der Waals surface area contributed by atoms with Gasteiger partial charge in [0.1, 0.15) is 11.5 Å². The number of carbonyl (C=O) groups excluding carboxylic acids is 1. The molecule has 0 saturated carbocycles. The van der Waals surface area contributed by atoms with Crippen LogP contribution < -0.4 is 15.6 Å². The quantitative estimate of drug-likeness (QED) is 0.448. The summed E-state index contributed by atoms with van der Waals surface area (Å²) < 4.78 is 7.14. The number of hydrogen-bond acceptors (Lipinski definition) is 5. The number of pyridine rings is 1. The van der Waals surface area contributed by atoms with Crippen molar-refractivity contribution in [1.29, 1.82) is 0 Å². The molecule has 2 heterocycles. The molecule has 0 fully saturated rings. The van der Waals surface area contributed by atoms with E-state index in [9.17, 15) is 9.59 Å². The first-order valence-electron chi connectivity index (χ1n) is 10.3. The first-order chi connectivity index (χ1) is 15.7. The van der Waals surface area contributed by atoms with Crippen molar-refractivity contribution in [2.45, 2.75) is 19.4 Å². The van der Waals surface area contributed by atoms with Gasteiger partial charge in [-0.25, -0.2) is 4.68 Å². The zero-order chi connectivity index (χ0) is 22.2. The molecule has 0 radical (unpaired) electrons. The topological polar surface area (TPSA) is 86.1 Å². The van der Waals surface area contributed by atoms with Crippen molar-refractivity contribution in [3.63, 3.8) is 0 Å². The fourth-order valence-corrected chi connectivity index (χ4v) is 3.13. The number of aromatic nitrogens is 3. The van der Waals surface area contributed by atoms with Gasteiger partial charge in [-0.05, 0) is 61.0 Å². The third-order valence-electron chi connectivity index (χ3n) is 4.73. The molecule has 0 spiro atoms. The van der Waals surface area contributed by atoms with Gasteiger partial charge in [0.15, 0.2) is 0 Å². The second-order valence-electron chi connectivity index (χ2n) is 7.11. The van der Waals surface area contributed by atoms with Crippen LogP contribution in [-0.2, 0) is 11.3 Å². The van der Waals surface area contributed by atoms with Gasteiger partial charge in [-0.15, -0.1) is 0 Å². The molecule has 7 nitrogen and oxygen atoms in total. The Kier molecular flexibility index (Phi) is 6.67. The average molecular weight is 426 g/mol. The lowest BCUT2D eigenvalue weighted by atomic mass is 10.2. The maximum Gasteiger partial charge on any atom is 0.266 e. The van der Waals surface area contributed by atoms with Crippen LogP contribution in [0.25, 0.3) is 11.3 Å². The Balaban J connectivity index is 1.29. The lowest BCUT2D eigenvalue weighted by molar-refractivity contribution is -0.116. The summed E-state index contributed by atoms with van der Waals surface area (Å²) in [5.41, 5.74) is 2.06. The summed E-state index contributed by atoms with van der Waals surface area (Å²) in [7, 11) is 0. The Labute approximate surface area is 185 Å². The summed E-state index contributed by atoms with van der Waals surface area (Å²) in [6, 6.07) is 23.5. The first kappa shape index (κ1) is 21.0. The number of amides is 1. The van der Waals surface area contributed by atoms with Crippen molar-refractivity contribution in [2.75, 3.05) is 5.32 Å². The predicted molar refractivity (Wildman–Crippen MR) is 123 cm³/mol. The molecule has 0 bridgehead atoms. The van der Waals surface area contributed by atoms with Crippen LogP contribution in [0.1, 0.15) is 12.8 Å². The van der Waals surface area contributed by atoms with Crippen LogP contribution in [0.3, 0.4) is 0 Å². The van der Waals surface area contributed by atoms with Crippen LogP contribution >= 0.6 is 0 Å². The van der Waals surface area contributed by atoms with Crippen LogP contribution in [0.5, 0.6) is 11.5 Å². The summed E-state index contributed by atoms with van der Waals surface area (Å²) in [4.78, 5) is 28.4. The summed E-state index contributed by atoms with van der Waals surface area (Å²) in [6.07, 6.45) is 4.12. The van der Waals surface area contributed by atoms with E-state index >= 15 is 0 Å². The number of aryl methyl sites for hydroxylation is 1. The van der Waals surface area contributed by atoms with Gasteiger partial charge in [-0.1, -0.05) is 18.2 Å². The monoisotopic (exact) mass is 426 g/mol. The van der Waals surface area contributed by atoms with Gasteiger partial charge >= 0.3 is 0 Å². The van der Waals surface area contributed by atoms with E-state index in [-0.39, 0.29) is 17.9 Å². The van der Waals surface area contributed by atoms with E-state index in [0.717, 1.165) is 11.3 Å². The van der Waals surface area contributed by atoms with Crippen LogP contribution in [-0.4, -0.2) is 20.7 Å². The molecule has 0 aliphatic carbocycles. The van der Waals surface area contributed by atoms with Crippen LogP contribution in [0.15, 0.2) is 96.1 Å². The number of ether oxygens (including phenoxy) is 1. The molecule has 160 valence electrons. The van der Waals surface area contributed by atoms with Crippen LogP contribution in [0.4, 0.5) is 5.69 Å². The molecule has 4 aromatic rings. The highest BCUT2D eigenvalue weighted by Gasteiger charge is 2.07. The lowest BCUT2D eigenvalue weighted by Gasteiger charge is -2.09. The number of rotatable bonds is 8. The number of nitrogens with one attached hydrogen (secondary N) is 1. The van der Waals surface area contributed by atoms with E-state index in [0.29, 0.717) is 30.1 Å². The van der Waals surface area contributed by atoms with E-state index in [1.165, 1.54) is 10.7 Å². The fourth-order valence-electron chi connectivity index (χ4n) is 3.13. The molecule has 2 aromatic heterocycles. The highest BCUT2D eigenvalue weighted by molar-refractivity contribution is 5.90. The van der Waals surface area contributed by atoms with Crippen molar-refractivity contribution in [1.82, 2.24) is 14.8 Å². The van der Waals surface area contributed by atoms with Gasteiger partial charge in [0.25, 0.3) is 5.56 Å². The van der Waals surface area contributed by atoms with Gasteiger partial charge < -0.3 is 10.1 Å². The minimum atomic E-state index is -0.197. The maximum atomic E-state index is 12.3. The lowest BCUT2D eigenvalue weighted by Crippen LogP contribution is -2.23. The Bertz CT molecular complexity index is 1220. The van der Waals surface area contributed by atoms with Gasteiger partial charge in [0, 0.05) is 42.7 Å². The van der Waals surface area contributed by atoms with E-state index in [1.807, 2.05) is 42.5 Å². The molecule has 0 aliphatic rings. The highest BCUT2D eigenvalue weighted by atomic mass is 16.5. The summed E-state index contributed by atoms with van der Waals surface area (Å²) in [6.45, 7) is 0.356. The predicted octanol–water partition coefficient (Wildman–Crippen LogP) is 4.52. The standard InChI is InChI=1S/C25H22N4O3/c30-24(27-20-8-10-22(11-9-20)32-21-5-2-1-3-6-21)7-4-18-29-25(31)13-12-23(28-29)19-14-16-26-17-15-19/h1-3,5-6,8-17H,4,7,18H2,(H,27,30). The van der Waals surface area contributed by atoms with Crippen molar-refractivity contribution >= 4 is 11.6 Å². The Morgan fingerprint density at radius 1 is 0.875 bits per heavy atom. The normalized spacial score (nSPS) is 10.5. The smallest absolute Gasteiger partial charge is 0.266 e. The zero-order valence-electron chi connectivity index (χ0n) is 17.3. The molecule has 7 heteroatoms. The third kappa shape index (κ3) is 5.66. The number of benzene rings is 2. The van der Waals surface area contributed by atoms with E-state index < -0.39 is 0 Å². The molecular weight excluding hydrogens is 404 g/mol. The molecule has 1 amide bonds. The Morgan fingerprint density at radius 3 is 2.34 bits per heavy atom. The number of nitrogens with zero attached hydrogens (tertiary/aromatic N) is 3. The van der Waals surface area contributed by atoms with Crippen molar-refractivity contribution < 1.29 is 9.53 Å². The van der Waals surface area contributed by atoms with Crippen LogP contribution in [0, 0.1) is 0 Å². The summed E-state index contributed by atoms with van der Waals surface area (Å²) in [5, 5.41) is 7.26. The number of para-hydroxylation sites is 1. The number of hydrogen-bond donors (Lipinski definition) is 1. The van der Waals surface area contributed by atoms with Crippen LogP contribution in [0.2, 0.25) is 0 Å². The molecule has 0 atom stereocenters. The first-order valence-corrected chi connectivity index (χ1v) is 10.3. The van der Waals surface area contributed by atoms with E-state index in [1.54, 1.807) is 42.7 Å². The largest absolute Gasteiger partial charge is 0.457 e. The SMILES string of the molecule is O=C(CCCn1nc(-c2ccncc2)ccc1=O)Nc1ccc(Oc2ccccc2)cc1. The zero-order valence-corrected chi connectivity index (χ0v) is 17.3.